The van der Waals surface area contributed by atoms with Gasteiger partial charge in [-0.05, 0) is 33.1 Å². The van der Waals surface area contributed by atoms with E-state index in [4.69, 9.17) is 0 Å². The lowest BCUT2D eigenvalue weighted by Gasteiger charge is -2.39. The molecular weight excluding hydrogens is 399 g/mol. The number of hydrogen-bond acceptors (Lipinski definition) is 4. The van der Waals surface area contributed by atoms with Crippen LogP contribution in [0, 0.1) is 0 Å². The van der Waals surface area contributed by atoms with Gasteiger partial charge in [0.2, 0.25) is 0 Å². The molecule has 170 valence electrons. The summed E-state index contributed by atoms with van der Waals surface area (Å²) in [5, 5.41) is 7.66. The molecule has 0 aromatic carbocycles. The largest absolute Gasteiger partial charge is 0.403 e. The van der Waals surface area contributed by atoms with Gasteiger partial charge in [-0.3, -0.25) is 14.5 Å². The Morgan fingerprint density at radius 1 is 1.20 bits per heavy atom. The van der Waals surface area contributed by atoms with Crippen molar-refractivity contribution in [3.05, 3.63) is 16.3 Å². The van der Waals surface area contributed by atoms with Crippen LogP contribution in [0.15, 0.2) is 9.79 Å². The first-order valence-electron chi connectivity index (χ1n) is 10.8. The van der Waals surface area contributed by atoms with Gasteiger partial charge in [-0.2, -0.15) is 18.3 Å². The molecule has 0 aliphatic carbocycles. The molecule has 30 heavy (non-hydrogen) atoms. The predicted molar refractivity (Wildman–Crippen MR) is 109 cm³/mol. The van der Waals surface area contributed by atoms with Crippen molar-refractivity contribution in [2.45, 2.75) is 64.8 Å². The maximum Gasteiger partial charge on any atom is 0.403 e. The monoisotopic (exact) mass is 431 g/mol. The van der Waals surface area contributed by atoms with Crippen LogP contribution in [0.3, 0.4) is 0 Å². The molecule has 2 aliphatic heterocycles. The third kappa shape index (κ3) is 5.35. The number of hydrogen-bond donors (Lipinski definition) is 1. The van der Waals surface area contributed by atoms with Gasteiger partial charge in [0.1, 0.15) is 11.9 Å². The normalized spacial score (nSPS) is 19.6. The fourth-order valence-electron chi connectivity index (χ4n) is 3.95. The molecule has 0 radical (unpaired) electrons. The van der Waals surface area contributed by atoms with Crippen LogP contribution in [0.2, 0.25) is 0 Å². The number of halogens is 3. The fourth-order valence-corrected chi connectivity index (χ4v) is 3.95. The summed E-state index contributed by atoms with van der Waals surface area (Å²) >= 11 is 0. The zero-order valence-corrected chi connectivity index (χ0v) is 17.8. The minimum atomic E-state index is -4.20. The quantitative estimate of drug-likeness (QED) is 0.418. The van der Waals surface area contributed by atoms with Crippen LogP contribution >= 0.6 is 0 Å². The summed E-state index contributed by atoms with van der Waals surface area (Å²) < 4.78 is 42.1. The summed E-state index contributed by atoms with van der Waals surface area (Å²) in [6.45, 7) is 7.34. The molecule has 8 nitrogen and oxygen atoms in total. The van der Waals surface area contributed by atoms with Gasteiger partial charge >= 0.3 is 11.9 Å². The highest BCUT2D eigenvalue weighted by molar-refractivity contribution is 5.80. The smallest absolute Gasteiger partial charge is 0.357 e. The highest BCUT2D eigenvalue weighted by Gasteiger charge is 2.41. The van der Waals surface area contributed by atoms with Crippen molar-refractivity contribution < 1.29 is 13.2 Å². The minimum Gasteiger partial charge on any atom is -0.357 e. The second-order valence-corrected chi connectivity index (χ2v) is 7.86. The molecule has 0 spiro atoms. The average molecular weight is 432 g/mol. The van der Waals surface area contributed by atoms with Gasteiger partial charge in [-0.1, -0.05) is 0 Å². The number of nitrogens with one attached hydrogen (secondary N) is 1. The maximum atomic E-state index is 12.9. The molecule has 1 N–H and O–H groups in total. The lowest BCUT2D eigenvalue weighted by atomic mass is 10.2. The van der Waals surface area contributed by atoms with Crippen molar-refractivity contribution in [1.82, 2.24) is 29.5 Å². The molecule has 0 saturated carbocycles. The maximum absolute atomic E-state index is 12.9. The number of aliphatic imine (C=N–C) groups is 1. The van der Waals surface area contributed by atoms with E-state index in [1.54, 1.807) is 4.57 Å². The molecule has 1 aromatic heterocycles. The summed E-state index contributed by atoms with van der Waals surface area (Å²) in [5.41, 5.74) is -0.0458. The van der Waals surface area contributed by atoms with Crippen molar-refractivity contribution in [2.75, 3.05) is 39.3 Å². The third-order valence-corrected chi connectivity index (χ3v) is 5.79. The number of piperazine rings is 1. The molecule has 0 amide bonds. The number of aryl methyl sites for hydroxylation is 2. The van der Waals surface area contributed by atoms with Crippen LogP contribution in [0.1, 0.15) is 38.9 Å². The van der Waals surface area contributed by atoms with E-state index in [0.717, 1.165) is 31.6 Å². The van der Waals surface area contributed by atoms with Gasteiger partial charge in [-0.25, -0.2) is 9.48 Å². The summed E-state index contributed by atoms with van der Waals surface area (Å²) in [4.78, 5) is 20.5. The second-order valence-electron chi connectivity index (χ2n) is 7.86. The summed E-state index contributed by atoms with van der Waals surface area (Å²) in [6, 6.07) is -1.43. The second kappa shape index (κ2) is 9.84. The average Bonchev–Trinajstić information content (AvgIpc) is 3.05. The lowest BCUT2D eigenvalue weighted by molar-refractivity contribution is -0.181. The van der Waals surface area contributed by atoms with E-state index < -0.39 is 12.2 Å². The minimum absolute atomic E-state index is 0.0458. The molecule has 1 unspecified atom stereocenters. The van der Waals surface area contributed by atoms with Crippen molar-refractivity contribution in [1.29, 1.82) is 0 Å². The van der Waals surface area contributed by atoms with E-state index >= 15 is 0 Å². The summed E-state index contributed by atoms with van der Waals surface area (Å²) in [6.07, 6.45) is -0.586. The SMILES string of the molecule is CCNC(=NCCCn1nc2n(c1=O)CCCC2)N1CCN(C(C)C(F)(F)F)CC1. The Labute approximate surface area is 174 Å². The summed E-state index contributed by atoms with van der Waals surface area (Å²) in [5.74, 6) is 1.59. The first-order chi connectivity index (χ1) is 14.3. The Morgan fingerprint density at radius 3 is 2.57 bits per heavy atom. The Kier molecular flexibility index (Phi) is 7.43. The predicted octanol–water partition coefficient (Wildman–Crippen LogP) is 1.31. The molecular formula is C19H32F3N7O. The van der Waals surface area contributed by atoms with Crippen LogP contribution in [-0.2, 0) is 19.5 Å². The molecule has 11 heteroatoms. The number of guanidine groups is 1. The van der Waals surface area contributed by atoms with Gasteiger partial charge in [0, 0.05) is 58.8 Å². The standard InChI is InChI=1S/C19H32F3N7O/c1-3-23-17(27-13-11-26(12-14-27)15(2)19(20,21)22)24-8-6-10-29-18(30)28-9-5-4-7-16(28)25-29/h15H,3-14H2,1-2H3,(H,23,24). The summed E-state index contributed by atoms with van der Waals surface area (Å²) in [7, 11) is 0. The van der Waals surface area contributed by atoms with Gasteiger partial charge in [-0.15, -0.1) is 0 Å². The van der Waals surface area contributed by atoms with Crippen LogP contribution in [0.25, 0.3) is 0 Å². The van der Waals surface area contributed by atoms with Crippen LogP contribution in [-0.4, -0.2) is 81.6 Å². The van der Waals surface area contributed by atoms with E-state index in [1.165, 1.54) is 16.5 Å². The molecule has 3 rings (SSSR count). The number of nitrogens with zero attached hydrogens (tertiary/aromatic N) is 6. The Bertz CT molecular complexity index is 778. The molecule has 1 atom stereocenters. The molecule has 3 heterocycles. The number of alkyl halides is 3. The zero-order valence-electron chi connectivity index (χ0n) is 17.8. The number of aromatic nitrogens is 3. The molecule has 1 fully saturated rings. The van der Waals surface area contributed by atoms with Gasteiger partial charge < -0.3 is 10.2 Å². The van der Waals surface area contributed by atoms with Gasteiger partial charge in [0.05, 0.1) is 0 Å². The Morgan fingerprint density at radius 2 is 1.93 bits per heavy atom. The Hall–Kier alpha value is -2.04. The van der Waals surface area contributed by atoms with Crippen molar-refractivity contribution in [3.63, 3.8) is 0 Å². The van der Waals surface area contributed by atoms with Crippen LogP contribution in [0.5, 0.6) is 0 Å². The van der Waals surface area contributed by atoms with Gasteiger partial charge in [0.15, 0.2) is 5.96 Å². The third-order valence-electron chi connectivity index (χ3n) is 5.79. The van der Waals surface area contributed by atoms with Gasteiger partial charge in [0.25, 0.3) is 0 Å². The number of fused-ring (bicyclic) bond motifs is 1. The molecule has 0 bridgehead atoms. The highest BCUT2D eigenvalue weighted by atomic mass is 19.4. The van der Waals surface area contributed by atoms with E-state index in [0.29, 0.717) is 58.2 Å². The van der Waals surface area contributed by atoms with Crippen LogP contribution in [0.4, 0.5) is 13.2 Å². The lowest BCUT2D eigenvalue weighted by Crippen LogP contribution is -2.56. The van der Waals surface area contributed by atoms with Crippen molar-refractivity contribution >= 4 is 5.96 Å². The fraction of sp³-hybridized carbons (Fsp3) is 0.842. The topological polar surface area (TPSA) is 70.7 Å². The van der Waals surface area contributed by atoms with Crippen LogP contribution < -0.4 is 11.0 Å². The highest BCUT2D eigenvalue weighted by Crippen LogP contribution is 2.25. The molecule has 1 aromatic rings. The van der Waals surface area contributed by atoms with E-state index in [9.17, 15) is 18.0 Å². The molecule has 2 aliphatic rings. The zero-order chi connectivity index (χ0) is 21.7. The van der Waals surface area contributed by atoms with E-state index in [1.807, 2.05) is 11.8 Å². The van der Waals surface area contributed by atoms with E-state index in [2.05, 4.69) is 15.4 Å². The Balaban J connectivity index is 1.52. The van der Waals surface area contributed by atoms with Crippen molar-refractivity contribution in [2.24, 2.45) is 4.99 Å². The van der Waals surface area contributed by atoms with E-state index in [-0.39, 0.29) is 5.69 Å². The molecule has 1 saturated heterocycles. The first-order valence-corrected chi connectivity index (χ1v) is 10.8. The first kappa shape index (κ1) is 22.6. The number of rotatable bonds is 6. The van der Waals surface area contributed by atoms with Crippen molar-refractivity contribution in [3.8, 4) is 0 Å².